The van der Waals surface area contributed by atoms with Gasteiger partial charge in [-0.15, -0.1) is 0 Å². The van der Waals surface area contributed by atoms with Crippen LogP contribution in [-0.2, 0) is 11.2 Å². The van der Waals surface area contributed by atoms with Crippen molar-refractivity contribution in [1.82, 2.24) is 10.2 Å². The minimum atomic E-state index is -0.101. The van der Waals surface area contributed by atoms with Crippen LogP contribution in [0.2, 0.25) is 0 Å². The predicted molar refractivity (Wildman–Crippen MR) is 94.3 cm³/mol. The molecular formula is C20H30N2O. The number of piperidine rings is 1. The van der Waals surface area contributed by atoms with E-state index < -0.39 is 0 Å². The van der Waals surface area contributed by atoms with Crippen LogP contribution in [0.25, 0.3) is 0 Å². The van der Waals surface area contributed by atoms with Gasteiger partial charge in [-0.2, -0.15) is 0 Å². The van der Waals surface area contributed by atoms with E-state index in [2.05, 4.69) is 41.4 Å². The molecule has 1 aromatic carbocycles. The molecule has 3 nitrogen and oxygen atoms in total. The van der Waals surface area contributed by atoms with E-state index in [1.165, 1.54) is 12.0 Å². The number of carbonyl (C=O) groups is 1. The second-order valence-electron chi connectivity index (χ2n) is 7.34. The van der Waals surface area contributed by atoms with Crippen molar-refractivity contribution in [1.29, 1.82) is 0 Å². The molecule has 1 amide bonds. The molecule has 0 aromatic heterocycles. The van der Waals surface area contributed by atoms with Gasteiger partial charge in [-0.3, -0.25) is 4.79 Å². The topological polar surface area (TPSA) is 32.3 Å². The molecule has 1 aliphatic carbocycles. The molecule has 1 saturated carbocycles. The first kappa shape index (κ1) is 16.5. The van der Waals surface area contributed by atoms with Crippen molar-refractivity contribution in [3.63, 3.8) is 0 Å². The van der Waals surface area contributed by atoms with Gasteiger partial charge < -0.3 is 10.2 Å². The first-order valence-corrected chi connectivity index (χ1v) is 9.27. The summed E-state index contributed by atoms with van der Waals surface area (Å²) in [6.45, 7) is 6.20. The highest BCUT2D eigenvalue weighted by Gasteiger charge is 2.46. The molecule has 3 heteroatoms. The van der Waals surface area contributed by atoms with Gasteiger partial charge in [0.05, 0.1) is 5.41 Å². The second kappa shape index (κ2) is 7.48. The van der Waals surface area contributed by atoms with Gasteiger partial charge in [-0.05, 0) is 56.7 Å². The Bertz CT molecular complexity index is 502. The highest BCUT2D eigenvalue weighted by atomic mass is 16.2. The minimum Gasteiger partial charge on any atom is -0.342 e. The maximum absolute atomic E-state index is 13.1. The SMILES string of the molecule is CCNCC1CCN(C(=O)C2(Cc3ccccc3)CCC2)CC1. The third kappa shape index (κ3) is 3.77. The summed E-state index contributed by atoms with van der Waals surface area (Å²) in [5.74, 6) is 1.17. The van der Waals surface area contributed by atoms with Crippen LogP contribution in [0.15, 0.2) is 30.3 Å². The zero-order chi connectivity index (χ0) is 16.1. The number of nitrogens with zero attached hydrogens (tertiary/aromatic N) is 1. The van der Waals surface area contributed by atoms with E-state index in [-0.39, 0.29) is 5.41 Å². The number of carbonyl (C=O) groups excluding carboxylic acids is 1. The van der Waals surface area contributed by atoms with Crippen molar-refractivity contribution in [2.24, 2.45) is 11.3 Å². The number of likely N-dealkylation sites (tertiary alicyclic amines) is 1. The first-order chi connectivity index (χ1) is 11.2. The summed E-state index contributed by atoms with van der Waals surface area (Å²) in [5, 5.41) is 3.44. The Morgan fingerprint density at radius 1 is 1.22 bits per heavy atom. The van der Waals surface area contributed by atoms with Crippen molar-refractivity contribution in [3.8, 4) is 0 Å². The van der Waals surface area contributed by atoms with Gasteiger partial charge in [0.1, 0.15) is 0 Å². The second-order valence-corrected chi connectivity index (χ2v) is 7.34. The summed E-state index contributed by atoms with van der Waals surface area (Å²) >= 11 is 0. The fourth-order valence-electron chi connectivity index (χ4n) is 4.08. The van der Waals surface area contributed by atoms with Crippen molar-refractivity contribution >= 4 is 5.91 Å². The molecule has 0 unspecified atom stereocenters. The van der Waals surface area contributed by atoms with Crippen LogP contribution in [0.1, 0.15) is 44.6 Å². The Morgan fingerprint density at radius 3 is 2.48 bits per heavy atom. The van der Waals surface area contributed by atoms with Crippen LogP contribution >= 0.6 is 0 Å². The number of benzene rings is 1. The average Bonchev–Trinajstić information content (AvgIpc) is 2.57. The summed E-state index contributed by atoms with van der Waals surface area (Å²) in [6.07, 6.45) is 6.57. The standard InChI is InChI=1S/C20H30N2O/c1-2-21-16-18-9-13-22(14-10-18)19(23)20(11-6-12-20)15-17-7-4-3-5-8-17/h3-5,7-8,18,21H,2,6,9-16H2,1H3. The maximum Gasteiger partial charge on any atom is 0.229 e. The monoisotopic (exact) mass is 314 g/mol. The van der Waals surface area contributed by atoms with Crippen molar-refractivity contribution in [2.45, 2.75) is 45.4 Å². The lowest BCUT2D eigenvalue weighted by Gasteiger charge is -2.45. The Morgan fingerprint density at radius 2 is 1.91 bits per heavy atom. The van der Waals surface area contributed by atoms with E-state index in [1.54, 1.807) is 0 Å². The van der Waals surface area contributed by atoms with Crippen LogP contribution in [0.5, 0.6) is 0 Å². The van der Waals surface area contributed by atoms with E-state index in [0.29, 0.717) is 5.91 Å². The highest BCUT2D eigenvalue weighted by molar-refractivity contribution is 5.84. The molecule has 1 aliphatic heterocycles. The fraction of sp³-hybridized carbons (Fsp3) is 0.650. The zero-order valence-corrected chi connectivity index (χ0v) is 14.4. The normalized spacial score (nSPS) is 21.0. The molecule has 3 rings (SSSR count). The lowest BCUT2D eigenvalue weighted by Crippen LogP contribution is -2.51. The van der Waals surface area contributed by atoms with E-state index in [4.69, 9.17) is 0 Å². The molecule has 1 N–H and O–H groups in total. The van der Waals surface area contributed by atoms with Gasteiger partial charge in [0, 0.05) is 13.1 Å². The molecule has 2 fully saturated rings. The third-order valence-electron chi connectivity index (χ3n) is 5.73. The number of amides is 1. The van der Waals surface area contributed by atoms with Crippen LogP contribution in [0, 0.1) is 11.3 Å². The molecule has 0 atom stereocenters. The van der Waals surface area contributed by atoms with E-state index in [0.717, 1.165) is 64.2 Å². The minimum absolute atomic E-state index is 0.101. The molecule has 0 bridgehead atoms. The van der Waals surface area contributed by atoms with Crippen LogP contribution in [0.4, 0.5) is 0 Å². The van der Waals surface area contributed by atoms with Crippen LogP contribution < -0.4 is 5.32 Å². The molecule has 126 valence electrons. The first-order valence-electron chi connectivity index (χ1n) is 9.27. The molecule has 1 heterocycles. The largest absolute Gasteiger partial charge is 0.342 e. The lowest BCUT2D eigenvalue weighted by molar-refractivity contribution is -0.149. The summed E-state index contributed by atoms with van der Waals surface area (Å²) in [6, 6.07) is 10.5. The summed E-state index contributed by atoms with van der Waals surface area (Å²) in [5.41, 5.74) is 1.21. The molecule has 0 spiro atoms. The molecule has 1 aromatic rings. The van der Waals surface area contributed by atoms with Gasteiger partial charge in [-0.25, -0.2) is 0 Å². The molecule has 1 saturated heterocycles. The summed E-state index contributed by atoms with van der Waals surface area (Å²) in [4.78, 5) is 15.3. The number of nitrogens with one attached hydrogen (secondary N) is 1. The Hall–Kier alpha value is -1.35. The molecule has 0 radical (unpaired) electrons. The number of rotatable bonds is 6. The smallest absolute Gasteiger partial charge is 0.229 e. The van der Waals surface area contributed by atoms with E-state index >= 15 is 0 Å². The summed E-state index contributed by atoms with van der Waals surface area (Å²) < 4.78 is 0. The van der Waals surface area contributed by atoms with Crippen molar-refractivity contribution < 1.29 is 4.79 Å². The molecule has 2 aliphatic rings. The molecular weight excluding hydrogens is 284 g/mol. The number of hydrogen-bond donors (Lipinski definition) is 1. The van der Waals surface area contributed by atoms with Gasteiger partial charge in [0.25, 0.3) is 0 Å². The van der Waals surface area contributed by atoms with Crippen molar-refractivity contribution in [2.75, 3.05) is 26.2 Å². The average molecular weight is 314 g/mol. The molecule has 23 heavy (non-hydrogen) atoms. The van der Waals surface area contributed by atoms with Gasteiger partial charge >= 0.3 is 0 Å². The van der Waals surface area contributed by atoms with E-state index in [1.807, 2.05) is 6.07 Å². The maximum atomic E-state index is 13.1. The quantitative estimate of drug-likeness (QED) is 0.874. The van der Waals surface area contributed by atoms with Crippen molar-refractivity contribution in [3.05, 3.63) is 35.9 Å². The van der Waals surface area contributed by atoms with Gasteiger partial charge in [-0.1, -0.05) is 43.7 Å². The number of hydrogen-bond acceptors (Lipinski definition) is 2. The Labute approximate surface area is 140 Å². The van der Waals surface area contributed by atoms with Gasteiger partial charge in [0.15, 0.2) is 0 Å². The Balaban J connectivity index is 1.58. The predicted octanol–water partition coefficient (Wildman–Crippen LogP) is 3.25. The zero-order valence-electron chi connectivity index (χ0n) is 14.4. The van der Waals surface area contributed by atoms with Crippen LogP contribution in [-0.4, -0.2) is 37.0 Å². The summed E-state index contributed by atoms with van der Waals surface area (Å²) in [7, 11) is 0. The highest BCUT2D eigenvalue weighted by Crippen LogP contribution is 2.45. The van der Waals surface area contributed by atoms with Crippen LogP contribution in [0.3, 0.4) is 0 Å². The fourth-order valence-corrected chi connectivity index (χ4v) is 4.08. The Kier molecular flexibility index (Phi) is 5.37. The van der Waals surface area contributed by atoms with Gasteiger partial charge in [0.2, 0.25) is 5.91 Å². The van der Waals surface area contributed by atoms with E-state index in [9.17, 15) is 4.79 Å². The lowest BCUT2D eigenvalue weighted by atomic mass is 9.64. The third-order valence-corrected chi connectivity index (χ3v) is 5.73.